The van der Waals surface area contributed by atoms with Crippen molar-refractivity contribution in [1.29, 1.82) is 0 Å². The van der Waals surface area contributed by atoms with E-state index < -0.39 is 0 Å². The van der Waals surface area contributed by atoms with Crippen LogP contribution in [0.4, 0.5) is 0 Å². The molecule has 27 heavy (non-hydrogen) atoms. The van der Waals surface area contributed by atoms with Gasteiger partial charge in [-0.2, -0.15) is 0 Å². The topological polar surface area (TPSA) is 49.0 Å². The van der Waals surface area contributed by atoms with Crippen molar-refractivity contribution in [1.82, 2.24) is 14.9 Å². The minimum atomic E-state index is -0.00712. The second-order valence-electron chi connectivity index (χ2n) is 7.93. The molecule has 4 nitrogen and oxygen atoms in total. The first-order chi connectivity index (χ1) is 13.3. The zero-order valence-corrected chi connectivity index (χ0v) is 16.3. The van der Waals surface area contributed by atoms with Gasteiger partial charge in [-0.05, 0) is 43.7 Å². The lowest BCUT2D eigenvalue weighted by atomic mass is 9.78. The monoisotopic (exact) mass is 379 g/mol. The summed E-state index contributed by atoms with van der Waals surface area (Å²) >= 11 is 1.57. The highest BCUT2D eigenvalue weighted by atomic mass is 32.1. The van der Waals surface area contributed by atoms with Gasteiger partial charge < -0.3 is 4.98 Å². The zero-order valence-electron chi connectivity index (χ0n) is 15.5. The fourth-order valence-electron chi connectivity index (χ4n) is 5.02. The minimum Gasteiger partial charge on any atom is -0.309 e. The number of rotatable bonds is 3. The van der Waals surface area contributed by atoms with Crippen molar-refractivity contribution >= 4 is 21.6 Å². The Morgan fingerprint density at radius 3 is 2.81 bits per heavy atom. The Morgan fingerprint density at radius 2 is 1.93 bits per heavy atom. The van der Waals surface area contributed by atoms with Crippen LogP contribution >= 0.6 is 11.3 Å². The lowest BCUT2D eigenvalue weighted by Crippen LogP contribution is -2.46. The van der Waals surface area contributed by atoms with Gasteiger partial charge in [0.05, 0.1) is 11.9 Å². The molecule has 0 radical (unpaired) electrons. The molecule has 0 unspecified atom stereocenters. The Morgan fingerprint density at radius 1 is 1.11 bits per heavy atom. The van der Waals surface area contributed by atoms with Crippen LogP contribution in [0, 0.1) is 5.92 Å². The number of fused-ring (bicyclic) bond motifs is 2. The average molecular weight is 380 g/mol. The molecule has 0 spiro atoms. The maximum atomic E-state index is 12.9. The highest BCUT2D eigenvalue weighted by Gasteiger charge is 2.33. The first-order valence-electron chi connectivity index (χ1n) is 10.1. The summed E-state index contributed by atoms with van der Waals surface area (Å²) in [5.41, 5.74) is 2.05. The van der Waals surface area contributed by atoms with Crippen molar-refractivity contribution in [2.24, 2.45) is 5.92 Å². The summed E-state index contributed by atoms with van der Waals surface area (Å²) in [6.45, 7) is 1.90. The van der Waals surface area contributed by atoms with Gasteiger partial charge in [-0.15, -0.1) is 11.3 Å². The van der Waals surface area contributed by atoms with Crippen molar-refractivity contribution in [2.45, 2.75) is 51.1 Å². The molecule has 2 aliphatic rings. The smallest absolute Gasteiger partial charge is 0.260 e. The predicted octanol–water partition coefficient (Wildman–Crippen LogP) is 4.81. The van der Waals surface area contributed by atoms with Gasteiger partial charge in [-0.3, -0.25) is 9.69 Å². The summed E-state index contributed by atoms with van der Waals surface area (Å²) in [5, 5.41) is 2.79. The first-order valence-corrected chi connectivity index (χ1v) is 11.0. The number of H-pyrrole nitrogens is 1. The van der Waals surface area contributed by atoms with E-state index in [-0.39, 0.29) is 5.56 Å². The van der Waals surface area contributed by atoms with Crippen molar-refractivity contribution < 1.29 is 0 Å². The predicted molar refractivity (Wildman–Crippen MR) is 111 cm³/mol. The molecule has 1 N–H and O–H groups in total. The average Bonchev–Trinajstić information content (AvgIpc) is 3.14. The van der Waals surface area contributed by atoms with Crippen molar-refractivity contribution in [3.63, 3.8) is 0 Å². The maximum absolute atomic E-state index is 12.9. The number of aromatic nitrogens is 2. The molecule has 2 aromatic heterocycles. The standard InChI is InChI=1S/C22H25N3OS/c26-21-20-17(15-7-2-1-3-8-15)14-27-22(20)24-19(23-21)13-25-12-6-10-16-9-4-5-11-18(16)25/h1-3,7-8,14,16,18H,4-6,9-13H2,(H,23,24,26)/t16-,18-/m0/s1. The third-order valence-corrected chi connectivity index (χ3v) is 7.16. The van der Waals surface area contributed by atoms with Crippen molar-refractivity contribution in [3.8, 4) is 11.1 Å². The normalized spacial score (nSPS) is 23.4. The van der Waals surface area contributed by atoms with Gasteiger partial charge >= 0.3 is 0 Å². The van der Waals surface area contributed by atoms with E-state index in [4.69, 9.17) is 4.98 Å². The van der Waals surface area contributed by atoms with Crippen LogP contribution in [-0.4, -0.2) is 27.5 Å². The third-order valence-electron chi connectivity index (χ3n) is 6.29. The van der Waals surface area contributed by atoms with E-state index in [2.05, 4.69) is 15.3 Å². The highest BCUT2D eigenvalue weighted by molar-refractivity contribution is 7.17. The first kappa shape index (κ1) is 17.1. The Bertz CT molecular complexity index is 992. The zero-order chi connectivity index (χ0) is 18.2. The fourth-order valence-corrected chi connectivity index (χ4v) is 5.98. The Labute approximate surface area is 163 Å². The highest BCUT2D eigenvalue weighted by Crippen LogP contribution is 2.36. The molecule has 3 aromatic rings. The number of benzene rings is 1. The lowest BCUT2D eigenvalue weighted by molar-refractivity contribution is 0.0527. The summed E-state index contributed by atoms with van der Waals surface area (Å²) < 4.78 is 0. The maximum Gasteiger partial charge on any atom is 0.260 e. The van der Waals surface area contributed by atoms with E-state index in [1.165, 1.54) is 38.5 Å². The molecule has 2 fully saturated rings. The summed E-state index contributed by atoms with van der Waals surface area (Å²) in [4.78, 5) is 24.2. The van der Waals surface area contributed by atoms with Crippen molar-refractivity contribution in [2.75, 3.05) is 6.54 Å². The van der Waals surface area contributed by atoms with Crippen LogP contribution in [0.15, 0.2) is 40.5 Å². The second kappa shape index (κ2) is 7.21. The van der Waals surface area contributed by atoms with E-state index in [1.54, 1.807) is 11.3 Å². The molecule has 1 aliphatic carbocycles. The minimum absolute atomic E-state index is 0.00712. The van der Waals surface area contributed by atoms with Crippen molar-refractivity contribution in [3.05, 3.63) is 51.9 Å². The van der Waals surface area contributed by atoms with Crippen LogP contribution in [-0.2, 0) is 6.54 Å². The van der Waals surface area contributed by atoms with E-state index in [0.29, 0.717) is 6.04 Å². The number of nitrogens with one attached hydrogen (secondary N) is 1. The summed E-state index contributed by atoms with van der Waals surface area (Å²) in [5.74, 6) is 1.66. The molecule has 5 heteroatoms. The van der Waals surface area contributed by atoms with E-state index >= 15 is 0 Å². The molecule has 1 aromatic carbocycles. The van der Waals surface area contributed by atoms with Gasteiger partial charge in [0.1, 0.15) is 10.7 Å². The van der Waals surface area contributed by atoms with Crippen LogP contribution in [0.2, 0.25) is 0 Å². The quantitative estimate of drug-likeness (QED) is 0.711. The number of thiophene rings is 1. The largest absolute Gasteiger partial charge is 0.309 e. The lowest BCUT2D eigenvalue weighted by Gasteiger charge is -2.43. The molecule has 0 bridgehead atoms. The summed E-state index contributed by atoms with van der Waals surface area (Å²) in [6, 6.07) is 10.8. The number of likely N-dealkylation sites (tertiary alicyclic amines) is 1. The molecule has 140 valence electrons. The van der Waals surface area contributed by atoms with Gasteiger partial charge in [0, 0.05) is 17.0 Å². The molecular formula is C22H25N3OS. The number of hydrogen-bond acceptors (Lipinski definition) is 4. The van der Waals surface area contributed by atoms with E-state index in [9.17, 15) is 4.79 Å². The molecule has 3 heterocycles. The summed E-state index contributed by atoms with van der Waals surface area (Å²) in [7, 11) is 0. The van der Waals surface area contributed by atoms with Crippen LogP contribution < -0.4 is 5.56 Å². The molecule has 0 amide bonds. The molecular weight excluding hydrogens is 354 g/mol. The molecule has 1 saturated heterocycles. The van der Waals surface area contributed by atoms with Gasteiger partial charge in [-0.1, -0.05) is 43.2 Å². The Balaban J connectivity index is 1.46. The van der Waals surface area contributed by atoms with Gasteiger partial charge in [0.15, 0.2) is 0 Å². The summed E-state index contributed by atoms with van der Waals surface area (Å²) in [6.07, 6.45) is 8.03. The number of hydrogen-bond donors (Lipinski definition) is 1. The Hall–Kier alpha value is -1.98. The SMILES string of the molecule is O=c1[nH]c(CN2CCC[C@@H]3CCCC[C@@H]32)nc2scc(-c3ccccc3)c12. The van der Waals surface area contributed by atoms with Gasteiger partial charge in [0.25, 0.3) is 5.56 Å². The van der Waals surface area contributed by atoms with E-state index in [0.717, 1.165) is 46.2 Å². The Kier molecular flexibility index (Phi) is 4.58. The fraction of sp³-hybridized carbons (Fsp3) is 0.455. The van der Waals surface area contributed by atoms with Crippen LogP contribution in [0.3, 0.4) is 0 Å². The number of piperidine rings is 1. The third kappa shape index (κ3) is 3.23. The molecule has 1 saturated carbocycles. The molecule has 2 atom stereocenters. The van der Waals surface area contributed by atoms with Crippen LogP contribution in [0.25, 0.3) is 21.3 Å². The number of aromatic amines is 1. The molecule has 5 rings (SSSR count). The van der Waals surface area contributed by atoms with E-state index in [1.807, 2.05) is 30.3 Å². The van der Waals surface area contributed by atoms with Gasteiger partial charge in [-0.25, -0.2) is 4.98 Å². The van der Waals surface area contributed by atoms with Crippen LogP contribution in [0.1, 0.15) is 44.3 Å². The van der Waals surface area contributed by atoms with Crippen LogP contribution in [0.5, 0.6) is 0 Å². The number of nitrogens with zero attached hydrogens (tertiary/aromatic N) is 2. The second-order valence-corrected chi connectivity index (χ2v) is 8.79. The van der Waals surface area contributed by atoms with Gasteiger partial charge in [0.2, 0.25) is 0 Å². The molecule has 1 aliphatic heterocycles.